The van der Waals surface area contributed by atoms with Gasteiger partial charge in [-0.1, -0.05) is 13.0 Å². The van der Waals surface area contributed by atoms with Crippen LogP contribution in [-0.2, 0) is 11.2 Å². The van der Waals surface area contributed by atoms with Gasteiger partial charge in [0, 0.05) is 18.1 Å². The van der Waals surface area contributed by atoms with Crippen molar-refractivity contribution in [3.05, 3.63) is 59.8 Å². The summed E-state index contributed by atoms with van der Waals surface area (Å²) in [7, 11) is 0. The van der Waals surface area contributed by atoms with Crippen LogP contribution in [0.4, 0.5) is 4.39 Å². The van der Waals surface area contributed by atoms with Crippen LogP contribution in [0.3, 0.4) is 0 Å². The van der Waals surface area contributed by atoms with E-state index in [0.29, 0.717) is 5.56 Å². The van der Waals surface area contributed by atoms with Crippen molar-refractivity contribution >= 4 is 11.6 Å². The number of hydrogen-bond acceptors (Lipinski definition) is 3. The zero-order valence-electron chi connectivity index (χ0n) is 13.0. The van der Waals surface area contributed by atoms with E-state index < -0.39 is 11.8 Å². The maximum Gasteiger partial charge on any atom is 0.341 e. The summed E-state index contributed by atoms with van der Waals surface area (Å²) in [4.78, 5) is 16.0. The number of pyridine rings is 1. The van der Waals surface area contributed by atoms with E-state index in [1.807, 2.05) is 28.9 Å². The highest BCUT2D eigenvalue weighted by atomic mass is 19.1. The number of fused-ring (bicyclic) bond motifs is 1. The molecule has 0 N–H and O–H groups in total. The van der Waals surface area contributed by atoms with E-state index in [2.05, 4.69) is 11.9 Å². The van der Waals surface area contributed by atoms with Crippen molar-refractivity contribution in [3.8, 4) is 11.1 Å². The van der Waals surface area contributed by atoms with Gasteiger partial charge in [-0.05, 0) is 48.7 Å². The highest BCUT2D eigenvalue weighted by Crippen LogP contribution is 2.23. The van der Waals surface area contributed by atoms with Crippen molar-refractivity contribution in [2.45, 2.75) is 20.3 Å². The highest BCUT2D eigenvalue weighted by molar-refractivity contribution is 5.90. The van der Waals surface area contributed by atoms with Crippen molar-refractivity contribution in [3.63, 3.8) is 0 Å². The van der Waals surface area contributed by atoms with Crippen LogP contribution < -0.4 is 0 Å². The molecule has 2 heterocycles. The zero-order valence-corrected chi connectivity index (χ0v) is 13.0. The van der Waals surface area contributed by atoms with E-state index in [-0.39, 0.29) is 12.2 Å². The van der Waals surface area contributed by atoms with E-state index in [4.69, 9.17) is 4.74 Å². The number of carbonyl (C=O) groups excluding carboxylic acids is 1. The standard InChI is InChI=1S/C18H17FN2O2/c1-3-14-10-20-17-8-6-13(11-21(14)17)12-5-7-15(16(19)9-12)18(22)23-4-2/h5-11H,3-4H2,1-2H3. The monoisotopic (exact) mass is 312 g/mol. The summed E-state index contributed by atoms with van der Waals surface area (Å²) in [6.45, 7) is 3.97. The molecular formula is C18H17FN2O2. The molecule has 4 nitrogen and oxygen atoms in total. The molecule has 2 aromatic heterocycles. The molecule has 0 aliphatic rings. The smallest absolute Gasteiger partial charge is 0.341 e. The molecule has 0 radical (unpaired) electrons. The predicted octanol–water partition coefficient (Wildman–Crippen LogP) is 3.88. The summed E-state index contributed by atoms with van der Waals surface area (Å²) in [5.74, 6) is -1.22. The van der Waals surface area contributed by atoms with Crippen LogP contribution in [0.15, 0.2) is 42.7 Å². The molecule has 1 aromatic carbocycles. The Morgan fingerprint density at radius 3 is 2.70 bits per heavy atom. The Morgan fingerprint density at radius 1 is 1.22 bits per heavy atom. The van der Waals surface area contributed by atoms with Crippen LogP contribution in [-0.4, -0.2) is 22.0 Å². The van der Waals surface area contributed by atoms with E-state index >= 15 is 0 Å². The van der Waals surface area contributed by atoms with Gasteiger partial charge in [-0.2, -0.15) is 0 Å². The number of esters is 1. The lowest BCUT2D eigenvalue weighted by atomic mass is 10.0. The molecule has 3 rings (SSSR count). The largest absolute Gasteiger partial charge is 0.462 e. The Labute approximate surface area is 133 Å². The molecule has 0 fully saturated rings. The van der Waals surface area contributed by atoms with Gasteiger partial charge in [0.15, 0.2) is 0 Å². The van der Waals surface area contributed by atoms with Gasteiger partial charge in [-0.15, -0.1) is 0 Å². The normalized spacial score (nSPS) is 10.9. The molecule has 0 atom stereocenters. The summed E-state index contributed by atoms with van der Waals surface area (Å²) in [6, 6.07) is 8.32. The lowest BCUT2D eigenvalue weighted by Crippen LogP contribution is -2.07. The van der Waals surface area contributed by atoms with Crippen molar-refractivity contribution in [2.75, 3.05) is 6.61 Å². The molecule has 23 heavy (non-hydrogen) atoms. The molecule has 0 spiro atoms. The fourth-order valence-electron chi connectivity index (χ4n) is 2.53. The minimum atomic E-state index is -0.644. The van der Waals surface area contributed by atoms with E-state index in [1.54, 1.807) is 13.0 Å². The van der Waals surface area contributed by atoms with Crippen molar-refractivity contribution in [2.24, 2.45) is 0 Å². The van der Waals surface area contributed by atoms with Gasteiger partial charge < -0.3 is 9.14 Å². The fourth-order valence-corrected chi connectivity index (χ4v) is 2.53. The predicted molar refractivity (Wildman–Crippen MR) is 85.9 cm³/mol. The Hall–Kier alpha value is -2.69. The number of imidazole rings is 1. The van der Waals surface area contributed by atoms with Crippen molar-refractivity contribution in [1.29, 1.82) is 0 Å². The van der Waals surface area contributed by atoms with Crippen molar-refractivity contribution in [1.82, 2.24) is 9.38 Å². The number of nitrogens with zero attached hydrogens (tertiary/aromatic N) is 2. The Bertz CT molecular complexity index is 871. The third-order valence-corrected chi connectivity index (χ3v) is 3.74. The topological polar surface area (TPSA) is 43.6 Å². The second kappa shape index (κ2) is 6.20. The molecule has 3 aromatic rings. The maximum absolute atomic E-state index is 14.2. The average molecular weight is 312 g/mol. The molecule has 5 heteroatoms. The molecule has 0 saturated carbocycles. The van der Waals surface area contributed by atoms with E-state index in [9.17, 15) is 9.18 Å². The summed E-state index contributed by atoms with van der Waals surface area (Å²) in [6.07, 6.45) is 4.63. The number of ether oxygens (including phenoxy) is 1. The summed E-state index contributed by atoms with van der Waals surface area (Å²) < 4.78 is 21.0. The Balaban J connectivity index is 2.01. The zero-order chi connectivity index (χ0) is 16.4. The number of aromatic nitrogens is 2. The van der Waals surface area contributed by atoms with Crippen LogP contribution in [0.2, 0.25) is 0 Å². The minimum absolute atomic E-state index is 0.0476. The number of carbonyl (C=O) groups is 1. The first-order chi connectivity index (χ1) is 11.1. The molecule has 0 amide bonds. The Morgan fingerprint density at radius 2 is 2.00 bits per heavy atom. The number of hydrogen-bond donors (Lipinski definition) is 0. The van der Waals surface area contributed by atoms with Gasteiger partial charge in [0.25, 0.3) is 0 Å². The first-order valence-electron chi connectivity index (χ1n) is 7.57. The lowest BCUT2D eigenvalue weighted by molar-refractivity contribution is 0.0521. The summed E-state index contributed by atoms with van der Waals surface area (Å²) >= 11 is 0. The van der Waals surface area contributed by atoms with Gasteiger partial charge in [0.1, 0.15) is 11.5 Å². The van der Waals surface area contributed by atoms with Crippen LogP contribution in [0.1, 0.15) is 29.9 Å². The number of rotatable bonds is 4. The molecule has 0 saturated heterocycles. The van der Waals surface area contributed by atoms with Crippen LogP contribution in [0, 0.1) is 5.82 Å². The van der Waals surface area contributed by atoms with E-state index in [1.165, 1.54) is 12.1 Å². The lowest BCUT2D eigenvalue weighted by Gasteiger charge is -2.07. The molecule has 0 unspecified atom stereocenters. The second-order valence-electron chi connectivity index (χ2n) is 5.16. The molecule has 118 valence electrons. The molecular weight excluding hydrogens is 295 g/mol. The SMILES string of the molecule is CCOC(=O)c1ccc(-c2ccc3ncc(CC)n3c2)cc1F. The van der Waals surface area contributed by atoms with Crippen LogP contribution >= 0.6 is 0 Å². The number of benzene rings is 1. The number of halogens is 1. The molecule has 0 aliphatic heterocycles. The van der Waals surface area contributed by atoms with E-state index in [0.717, 1.165) is 23.3 Å². The quantitative estimate of drug-likeness (QED) is 0.687. The first-order valence-corrected chi connectivity index (χ1v) is 7.57. The average Bonchev–Trinajstić information content (AvgIpc) is 2.97. The molecule has 0 bridgehead atoms. The van der Waals surface area contributed by atoms with Gasteiger partial charge in [-0.3, -0.25) is 0 Å². The highest BCUT2D eigenvalue weighted by Gasteiger charge is 2.14. The van der Waals surface area contributed by atoms with Crippen LogP contribution in [0.25, 0.3) is 16.8 Å². The minimum Gasteiger partial charge on any atom is -0.462 e. The summed E-state index contributed by atoms with van der Waals surface area (Å²) in [5.41, 5.74) is 3.46. The first kappa shape index (κ1) is 15.2. The van der Waals surface area contributed by atoms with Gasteiger partial charge in [-0.25, -0.2) is 14.2 Å². The van der Waals surface area contributed by atoms with Crippen LogP contribution in [0.5, 0.6) is 0 Å². The Kier molecular flexibility index (Phi) is 4.10. The van der Waals surface area contributed by atoms with Gasteiger partial charge in [0.2, 0.25) is 0 Å². The number of aryl methyl sites for hydroxylation is 1. The van der Waals surface area contributed by atoms with Crippen molar-refractivity contribution < 1.29 is 13.9 Å². The fraction of sp³-hybridized carbons (Fsp3) is 0.222. The molecule has 0 aliphatic carbocycles. The third-order valence-electron chi connectivity index (χ3n) is 3.74. The summed E-state index contributed by atoms with van der Waals surface area (Å²) in [5, 5.41) is 0. The van der Waals surface area contributed by atoms with Gasteiger partial charge in [0.05, 0.1) is 12.2 Å². The third kappa shape index (κ3) is 2.82. The maximum atomic E-state index is 14.2. The van der Waals surface area contributed by atoms with Gasteiger partial charge >= 0.3 is 5.97 Å². The second-order valence-corrected chi connectivity index (χ2v) is 5.16.